The number of nitrogens with zero attached hydrogens (tertiary/aromatic N) is 2. The monoisotopic (exact) mass is 282 g/mol. The van der Waals surface area contributed by atoms with Crippen LogP contribution in [0.4, 0.5) is 5.69 Å². The third kappa shape index (κ3) is 4.18. The minimum Gasteiger partial charge on any atom is -0.378 e. The molecule has 0 heterocycles. The molecule has 0 unspecified atom stereocenters. The fourth-order valence-electron chi connectivity index (χ4n) is 1.74. The van der Waals surface area contributed by atoms with Crippen molar-refractivity contribution in [2.24, 2.45) is 5.16 Å². The van der Waals surface area contributed by atoms with Gasteiger partial charge in [-0.05, 0) is 36.8 Å². The molecule has 0 spiro atoms. The minimum absolute atomic E-state index is 0.462. The fourth-order valence-corrected chi connectivity index (χ4v) is 1.74. The molecule has 4 heteroatoms. The largest absolute Gasteiger partial charge is 0.378 e. The Bertz CT molecular complexity index is 629. The van der Waals surface area contributed by atoms with Gasteiger partial charge in [0.1, 0.15) is 0 Å². The Kier molecular flexibility index (Phi) is 4.72. The molecule has 0 saturated heterocycles. The van der Waals surface area contributed by atoms with Crippen LogP contribution in [0.3, 0.4) is 0 Å². The highest BCUT2D eigenvalue weighted by Crippen LogP contribution is 2.11. The Morgan fingerprint density at radius 1 is 1.05 bits per heavy atom. The predicted octanol–water partition coefficient (Wildman–Crippen LogP) is 3.25. The van der Waals surface area contributed by atoms with Crippen LogP contribution in [0.1, 0.15) is 21.5 Å². The molecule has 2 rings (SSSR count). The van der Waals surface area contributed by atoms with E-state index in [2.05, 4.69) is 5.16 Å². The molecule has 21 heavy (non-hydrogen) atoms. The number of hydrogen-bond acceptors (Lipinski definition) is 4. The van der Waals surface area contributed by atoms with Crippen LogP contribution in [0.25, 0.3) is 0 Å². The van der Waals surface area contributed by atoms with Crippen LogP contribution in [-0.4, -0.2) is 26.3 Å². The smallest absolute Gasteiger partial charge is 0.365 e. The van der Waals surface area contributed by atoms with E-state index in [0.717, 1.165) is 16.8 Å². The molecule has 0 fully saturated rings. The quantitative estimate of drug-likeness (QED) is 0.491. The maximum absolute atomic E-state index is 11.7. The van der Waals surface area contributed by atoms with Crippen LogP contribution >= 0.6 is 0 Å². The maximum atomic E-state index is 11.7. The van der Waals surface area contributed by atoms with Crippen molar-refractivity contribution in [3.63, 3.8) is 0 Å². The van der Waals surface area contributed by atoms with Crippen LogP contribution in [0.2, 0.25) is 0 Å². The molecule has 0 saturated carbocycles. The van der Waals surface area contributed by atoms with E-state index in [-0.39, 0.29) is 0 Å². The molecule has 0 aliphatic rings. The van der Waals surface area contributed by atoms with E-state index >= 15 is 0 Å². The second kappa shape index (κ2) is 6.70. The second-order valence-corrected chi connectivity index (χ2v) is 4.97. The van der Waals surface area contributed by atoms with Gasteiger partial charge in [-0.15, -0.1) is 0 Å². The molecular formula is C17H18N2O2. The van der Waals surface area contributed by atoms with Crippen molar-refractivity contribution in [1.29, 1.82) is 0 Å². The number of carbonyl (C=O) groups is 1. The first-order valence-electron chi connectivity index (χ1n) is 6.65. The number of benzene rings is 2. The zero-order valence-electron chi connectivity index (χ0n) is 12.4. The molecular weight excluding hydrogens is 264 g/mol. The van der Waals surface area contributed by atoms with Gasteiger partial charge < -0.3 is 9.74 Å². The molecule has 108 valence electrons. The van der Waals surface area contributed by atoms with Crippen molar-refractivity contribution in [1.82, 2.24) is 0 Å². The Hall–Kier alpha value is -2.62. The number of hydrogen-bond donors (Lipinski definition) is 0. The average Bonchev–Trinajstić information content (AvgIpc) is 2.48. The fraction of sp³-hybridized carbons (Fsp3) is 0.176. The first kappa shape index (κ1) is 14.8. The lowest BCUT2D eigenvalue weighted by Crippen LogP contribution is -2.08. The van der Waals surface area contributed by atoms with Crippen LogP contribution in [0.15, 0.2) is 53.7 Å². The number of anilines is 1. The predicted molar refractivity (Wildman–Crippen MR) is 85.0 cm³/mol. The Balaban J connectivity index is 1.95. The Morgan fingerprint density at radius 2 is 1.67 bits per heavy atom. The van der Waals surface area contributed by atoms with Gasteiger partial charge in [-0.2, -0.15) is 0 Å². The van der Waals surface area contributed by atoms with Crippen molar-refractivity contribution in [3.05, 3.63) is 65.2 Å². The summed E-state index contributed by atoms with van der Waals surface area (Å²) in [6.07, 6.45) is 1.52. The van der Waals surface area contributed by atoms with Gasteiger partial charge in [0.15, 0.2) is 0 Å². The van der Waals surface area contributed by atoms with Crippen LogP contribution in [-0.2, 0) is 4.84 Å². The normalized spacial score (nSPS) is 10.6. The van der Waals surface area contributed by atoms with Gasteiger partial charge in [-0.1, -0.05) is 35.0 Å². The third-order valence-corrected chi connectivity index (χ3v) is 3.03. The molecule has 0 atom stereocenters. The van der Waals surface area contributed by atoms with Gasteiger partial charge in [0, 0.05) is 19.8 Å². The highest BCUT2D eigenvalue weighted by molar-refractivity contribution is 5.90. The molecule has 2 aromatic rings. The van der Waals surface area contributed by atoms with Crippen LogP contribution < -0.4 is 4.90 Å². The molecule has 0 aromatic heterocycles. The SMILES string of the molecule is Cc1ccc(C(=O)ON=Cc2ccc(N(C)C)cc2)cc1. The van der Waals surface area contributed by atoms with Crippen molar-refractivity contribution in [2.75, 3.05) is 19.0 Å². The van der Waals surface area contributed by atoms with E-state index in [1.807, 2.05) is 62.3 Å². The number of rotatable bonds is 4. The highest BCUT2D eigenvalue weighted by atomic mass is 16.7. The summed E-state index contributed by atoms with van der Waals surface area (Å²) in [6.45, 7) is 1.96. The number of aryl methyl sites for hydroxylation is 1. The van der Waals surface area contributed by atoms with E-state index in [1.165, 1.54) is 6.21 Å². The highest BCUT2D eigenvalue weighted by Gasteiger charge is 2.05. The lowest BCUT2D eigenvalue weighted by molar-refractivity contribution is 0.0519. The molecule has 4 nitrogen and oxygen atoms in total. The van der Waals surface area contributed by atoms with E-state index in [1.54, 1.807) is 12.1 Å². The van der Waals surface area contributed by atoms with Crippen LogP contribution in [0, 0.1) is 6.92 Å². The standard InChI is InChI=1S/C17H18N2O2/c1-13-4-8-15(9-5-13)17(20)21-18-12-14-6-10-16(11-7-14)19(2)3/h4-12H,1-3H3. The van der Waals surface area contributed by atoms with Crippen LogP contribution in [0.5, 0.6) is 0 Å². The Labute approximate surface area is 124 Å². The molecule has 0 aliphatic carbocycles. The average molecular weight is 282 g/mol. The van der Waals surface area contributed by atoms with Crippen molar-refractivity contribution in [2.45, 2.75) is 6.92 Å². The van der Waals surface area contributed by atoms with E-state index in [0.29, 0.717) is 5.56 Å². The molecule has 2 aromatic carbocycles. The van der Waals surface area contributed by atoms with Crippen molar-refractivity contribution >= 4 is 17.9 Å². The summed E-state index contributed by atoms with van der Waals surface area (Å²) in [6, 6.07) is 14.9. The first-order chi connectivity index (χ1) is 10.1. The number of carbonyl (C=O) groups excluding carboxylic acids is 1. The third-order valence-electron chi connectivity index (χ3n) is 3.03. The van der Waals surface area contributed by atoms with Gasteiger partial charge in [-0.3, -0.25) is 0 Å². The van der Waals surface area contributed by atoms with Gasteiger partial charge in [0.25, 0.3) is 0 Å². The molecule has 0 N–H and O–H groups in total. The van der Waals surface area contributed by atoms with Crippen molar-refractivity contribution in [3.8, 4) is 0 Å². The summed E-state index contributed by atoms with van der Waals surface area (Å²) >= 11 is 0. The zero-order valence-corrected chi connectivity index (χ0v) is 12.4. The summed E-state index contributed by atoms with van der Waals surface area (Å²) in [5, 5.41) is 3.73. The van der Waals surface area contributed by atoms with Gasteiger partial charge >= 0.3 is 5.97 Å². The molecule has 0 amide bonds. The first-order valence-corrected chi connectivity index (χ1v) is 6.65. The summed E-state index contributed by atoms with van der Waals surface area (Å²) in [5.41, 5.74) is 3.55. The Morgan fingerprint density at radius 3 is 2.24 bits per heavy atom. The van der Waals surface area contributed by atoms with E-state index < -0.39 is 5.97 Å². The van der Waals surface area contributed by atoms with Crippen molar-refractivity contribution < 1.29 is 9.63 Å². The lowest BCUT2D eigenvalue weighted by Gasteiger charge is -2.11. The lowest BCUT2D eigenvalue weighted by atomic mass is 10.2. The minimum atomic E-state index is -0.462. The summed E-state index contributed by atoms with van der Waals surface area (Å²) in [5.74, 6) is -0.462. The van der Waals surface area contributed by atoms with E-state index in [4.69, 9.17) is 4.84 Å². The van der Waals surface area contributed by atoms with Gasteiger partial charge in [0.2, 0.25) is 0 Å². The molecule has 0 bridgehead atoms. The second-order valence-electron chi connectivity index (χ2n) is 4.97. The summed E-state index contributed by atoms with van der Waals surface area (Å²) < 4.78 is 0. The molecule has 0 aliphatic heterocycles. The maximum Gasteiger partial charge on any atom is 0.365 e. The zero-order chi connectivity index (χ0) is 15.2. The molecule has 0 radical (unpaired) electrons. The van der Waals surface area contributed by atoms with Gasteiger partial charge in [0.05, 0.1) is 11.8 Å². The number of oxime groups is 1. The topological polar surface area (TPSA) is 41.9 Å². The van der Waals surface area contributed by atoms with Gasteiger partial charge in [-0.25, -0.2) is 4.79 Å². The van der Waals surface area contributed by atoms with E-state index in [9.17, 15) is 4.79 Å². The summed E-state index contributed by atoms with van der Waals surface area (Å²) in [7, 11) is 3.96. The summed E-state index contributed by atoms with van der Waals surface area (Å²) in [4.78, 5) is 18.6.